The Kier molecular flexibility index (Phi) is 2.69. The van der Waals surface area contributed by atoms with Crippen molar-refractivity contribution in [3.63, 3.8) is 0 Å². The lowest BCUT2D eigenvalue weighted by atomic mass is 9.94. The molecule has 0 aliphatic rings. The fourth-order valence-corrected chi connectivity index (χ4v) is 1.88. The molecule has 0 saturated carbocycles. The number of hydrogen-bond donors (Lipinski definition) is 0. The molecule has 82 valence electrons. The second-order valence-electron chi connectivity index (χ2n) is 4.06. The van der Waals surface area contributed by atoms with Crippen LogP contribution in [0.4, 0.5) is 4.39 Å². The van der Waals surface area contributed by atoms with Gasteiger partial charge in [0.15, 0.2) is 6.29 Å². The molecule has 1 heterocycles. The Morgan fingerprint density at radius 3 is 2.75 bits per heavy atom. The number of carbonyl (C=O) groups is 1. The molecule has 0 saturated heterocycles. The Balaban J connectivity index is 2.91. The molecule has 0 N–H and O–H groups in total. The van der Waals surface area contributed by atoms with Gasteiger partial charge in [0.25, 0.3) is 0 Å². The van der Waals surface area contributed by atoms with E-state index in [9.17, 15) is 9.18 Å². The Labute approximate surface area is 93.1 Å². The lowest BCUT2D eigenvalue weighted by molar-refractivity contribution is 0.112. The molecule has 16 heavy (non-hydrogen) atoms. The maximum atomic E-state index is 13.7. The van der Waals surface area contributed by atoms with Crippen molar-refractivity contribution in [2.24, 2.45) is 0 Å². The highest BCUT2D eigenvalue weighted by molar-refractivity contribution is 5.99. The van der Waals surface area contributed by atoms with Crippen LogP contribution in [-0.4, -0.2) is 11.3 Å². The van der Waals surface area contributed by atoms with Gasteiger partial charge in [0.05, 0.1) is 5.56 Å². The first-order valence-electron chi connectivity index (χ1n) is 5.16. The molecule has 0 aliphatic carbocycles. The Hall–Kier alpha value is -1.77. The van der Waals surface area contributed by atoms with E-state index in [0.29, 0.717) is 11.7 Å². The summed E-state index contributed by atoms with van der Waals surface area (Å²) in [6, 6.07) is 3.10. The van der Waals surface area contributed by atoms with E-state index in [-0.39, 0.29) is 11.5 Å². The van der Waals surface area contributed by atoms with Crippen LogP contribution in [0.1, 0.15) is 35.7 Å². The van der Waals surface area contributed by atoms with Crippen LogP contribution in [0.15, 0.2) is 24.5 Å². The lowest BCUT2D eigenvalue weighted by Gasteiger charge is -2.11. The van der Waals surface area contributed by atoms with Gasteiger partial charge in [0, 0.05) is 17.8 Å². The summed E-state index contributed by atoms with van der Waals surface area (Å²) in [6.07, 6.45) is 3.80. The number of fused-ring (bicyclic) bond motifs is 1. The molecule has 2 nitrogen and oxygen atoms in total. The van der Waals surface area contributed by atoms with Crippen LogP contribution >= 0.6 is 0 Å². The van der Waals surface area contributed by atoms with Crippen molar-refractivity contribution in [2.75, 3.05) is 0 Å². The minimum atomic E-state index is -0.461. The number of hydrogen-bond acceptors (Lipinski definition) is 2. The maximum absolute atomic E-state index is 13.7. The summed E-state index contributed by atoms with van der Waals surface area (Å²) >= 11 is 0. The van der Waals surface area contributed by atoms with E-state index < -0.39 is 5.82 Å². The summed E-state index contributed by atoms with van der Waals surface area (Å²) < 4.78 is 13.7. The van der Waals surface area contributed by atoms with Gasteiger partial charge >= 0.3 is 0 Å². The zero-order chi connectivity index (χ0) is 11.7. The van der Waals surface area contributed by atoms with Crippen LogP contribution < -0.4 is 0 Å². The Bertz CT molecular complexity index is 549. The minimum absolute atomic E-state index is 0.113. The highest BCUT2D eigenvalue weighted by atomic mass is 19.1. The number of carbonyl (C=O) groups excluding carboxylic acids is 1. The average Bonchev–Trinajstić information content (AvgIpc) is 2.28. The molecule has 1 aromatic heterocycles. The average molecular weight is 217 g/mol. The predicted octanol–water partition coefficient (Wildman–Crippen LogP) is 3.31. The van der Waals surface area contributed by atoms with Crippen molar-refractivity contribution in [3.8, 4) is 0 Å². The molecule has 0 spiro atoms. The standard InChI is InChI=1S/C13H12FNO/c1-8(2)10-5-13(14)12(7-16)9-3-4-15-6-11(9)10/h3-8H,1-2H3. The van der Waals surface area contributed by atoms with Crippen molar-refractivity contribution in [2.45, 2.75) is 19.8 Å². The van der Waals surface area contributed by atoms with Gasteiger partial charge < -0.3 is 0 Å². The van der Waals surface area contributed by atoms with Gasteiger partial charge in [-0.25, -0.2) is 4.39 Å². The second-order valence-corrected chi connectivity index (χ2v) is 4.06. The van der Waals surface area contributed by atoms with E-state index in [1.807, 2.05) is 13.8 Å². The molecule has 0 aliphatic heterocycles. The summed E-state index contributed by atoms with van der Waals surface area (Å²) in [7, 11) is 0. The molecule has 0 fully saturated rings. The topological polar surface area (TPSA) is 30.0 Å². The molecule has 0 unspecified atom stereocenters. The van der Waals surface area contributed by atoms with Crippen LogP contribution in [0.25, 0.3) is 10.8 Å². The Morgan fingerprint density at radius 2 is 2.12 bits per heavy atom. The van der Waals surface area contributed by atoms with Crippen molar-refractivity contribution < 1.29 is 9.18 Å². The summed E-state index contributed by atoms with van der Waals surface area (Å²) in [5, 5.41) is 1.48. The summed E-state index contributed by atoms with van der Waals surface area (Å²) in [5.74, 6) is -0.265. The number of aldehydes is 1. The molecular formula is C13H12FNO. The van der Waals surface area contributed by atoms with Gasteiger partial charge in [-0.2, -0.15) is 0 Å². The van der Waals surface area contributed by atoms with Crippen LogP contribution in [0, 0.1) is 5.82 Å². The summed E-state index contributed by atoms with van der Waals surface area (Å²) in [4.78, 5) is 14.9. The number of pyridine rings is 1. The van der Waals surface area contributed by atoms with E-state index in [4.69, 9.17) is 0 Å². The smallest absolute Gasteiger partial charge is 0.153 e. The Morgan fingerprint density at radius 1 is 1.38 bits per heavy atom. The molecule has 0 atom stereocenters. The van der Waals surface area contributed by atoms with Crippen LogP contribution in [-0.2, 0) is 0 Å². The fourth-order valence-electron chi connectivity index (χ4n) is 1.88. The zero-order valence-electron chi connectivity index (χ0n) is 9.20. The number of rotatable bonds is 2. The SMILES string of the molecule is CC(C)c1cc(F)c(C=O)c2ccncc12. The molecule has 0 bridgehead atoms. The third-order valence-corrected chi connectivity index (χ3v) is 2.70. The monoisotopic (exact) mass is 217 g/mol. The first kappa shape index (κ1) is 10.7. The number of halogens is 1. The van der Waals surface area contributed by atoms with Gasteiger partial charge in [-0.1, -0.05) is 13.8 Å². The van der Waals surface area contributed by atoms with Crippen molar-refractivity contribution in [1.29, 1.82) is 0 Å². The molecule has 0 amide bonds. The zero-order valence-corrected chi connectivity index (χ0v) is 9.20. The van der Waals surface area contributed by atoms with Crippen LogP contribution in [0.3, 0.4) is 0 Å². The number of benzene rings is 1. The van der Waals surface area contributed by atoms with E-state index in [1.165, 1.54) is 6.07 Å². The van der Waals surface area contributed by atoms with E-state index in [0.717, 1.165) is 10.9 Å². The minimum Gasteiger partial charge on any atom is -0.298 e. The number of nitrogens with zero attached hydrogens (tertiary/aromatic N) is 1. The van der Waals surface area contributed by atoms with Gasteiger partial charge in [-0.05, 0) is 29.0 Å². The van der Waals surface area contributed by atoms with E-state index in [2.05, 4.69) is 4.98 Å². The molecule has 3 heteroatoms. The first-order valence-corrected chi connectivity index (χ1v) is 5.16. The van der Waals surface area contributed by atoms with Gasteiger partial charge in [0.2, 0.25) is 0 Å². The quantitative estimate of drug-likeness (QED) is 0.722. The highest BCUT2D eigenvalue weighted by Crippen LogP contribution is 2.28. The molecule has 2 rings (SSSR count). The van der Waals surface area contributed by atoms with Crippen molar-refractivity contribution >= 4 is 17.1 Å². The summed E-state index contributed by atoms with van der Waals surface area (Å²) in [5.41, 5.74) is 0.994. The fraction of sp³-hybridized carbons (Fsp3) is 0.231. The van der Waals surface area contributed by atoms with Crippen LogP contribution in [0.5, 0.6) is 0 Å². The first-order chi connectivity index (χ1) is 7.65. The third-order valence-electron chi connectivity index (χ3n) is 2.70. The van der Waals surface area contributed by atoms with Gasteiger partial charge in [-0.15, -0.1) is 0 Å². The normalized spacial score (nSPS) is 11.0. The van der Waals surface area contributed by atoms with Crippen molar-refractivity contribution in [3.05, 3.63) is 41.5 Å². The molecule has 0 radical (unpaired) electrons. The van der Waals surface area contributed by atoms with Crippen molar-refractivity contribution in [1.82, 2.24) is 4.98 Å². The number of aromatic nitrogens is 1. The van der Waals surface area contributed by atoms with Gasteiger partial charge in [-0.3, -0.25) is 9.78 Å². The second kappa shape index (κ2) is 4.00. The largest absolute Gasteiger partial charge is 0.298 e. The van der Waals surface area contributed by atoms with E-state index >= 15 is 0 Å². The highest BCUT2D eigenvalue weighted by Gasteiger charge is 2.13. The van der Waals surface area contributed by atoms with E-state index in [1.54, 1.807) is 18.5 Å². The summed E-state index contributed by atoms with van der Waals surface area (Å²) in [6.45, 7) is 3.98. The third kappa shape index (κ3) is 1.58. The maximum Gasteiger partial charge on any atom is 0.153 e. The molecule has 1 aromatic carbocycles. The molecule has 2 aromatic rings. The molecular weight excluding hydrogens is 205 g/mol. The predicted molar refractivity (Wildman–Crippen MR) is 61.2 cm³/mol. The lowest BCUT2D eigenvalue weighted by Crippen LogP contribution is -1.97. The van der Waals surface area contributed by atoms with Crippen LogP contribution in [0.2, 0.25) is 0 Å². The van der Waals surface area contributed by atoms with Gasteiger partial charge in [0.1, 0.15) is 5.82 Å².